The van der Waals surface area contributed by atoms with E-state index in [2.05, 4.69) is 44.6 Å². The fourth-order valence-corrected chi connectivity index (χ4v) is 3.57. The van der Waals surface area contributed by atoms with Gasteiger partial charge < -0.3 is 20.9 Å². The molecule has 0 fully saturated rings. The molecule has 5 rings (SSSR count). The number of aromatic nitrogens is 2. The van der Waals surface area contributed by atoms with Gasteiger partial charge >= 0.3 is 0 Å². The van der Waals surface area contributed by atoms with E-state index in [1.165, 1.54) is 5.56 Å². The lowest BCUT2D eigenvalue weighted by molar-refractivity contribution is 1.25. The van der Waals surface area contributed by atoms with Gasteiger partial charge in [0, 0.05) is 52.6 Å². The van der Waals surface area contributed by atoms with E-state index in [4.69, 9.17) is 0 Å². The summed E-state index contributed by atoms with van der Waals surface area (Å²) in [5, 5.41) is 20.5. The van der Waals surface area contributed by atoms with Gasteiger partial charge in [0.05, 0.1) is 0 Å². The van der Waals surface area contributed by atoms with Crippen LogP contribution in [0.3, 0.4) is 0 Å². The van der Waals surface area contributed by atoms with E-state index in [0.29, 0.717) is 11.5 Å². The normalized spacial score (nSPS) is 12.3. The maximum Gasteiger partial charge on any atom is 0.144 e. The molecule has 6 heteroatoms. The van der Waals surface area contributed by atoms with Crippen LogP contribution in [0.5, 0.6) is 0 Å². The number of rotatable bonds is 4. The zero-order chi connectivity index (χ0) is 19.8. The minimum Gasteiger partial charge on any atom is -0.361 e. The summed E-state index contributed by atoms with van der Waals surface area (Å²) in [5.41, 5.74) is 7.32. The molecule has 6 nitrogen and oxygen atoms in total. The van der Waals surface area contributed by atoms with E-state index in [-0.39, 0.29) is 0 Å². The van der Waals surface area contributed by atoms with Crippen molar-refractivity contribution in [3.8, 4) is 6.07 Å². The van der Waals surface area contributed by atoms with Gasteiger partial charge in [-0.2, -0.15) is 5.26 Å². The number of H-pyrrole nitrogens is 1. The predicted molar refractivity (Wildman–Crippen MR) is 117 cm³/mol. The number of nitriles is 1. The van der Waals surface area contributed by atoms with Crippen LogP contribution in [-0.2, 0) is 6.42 Å². The first kappa shape index (κ1) is 16.9. The summed E-state index contributed by atoms with van der Waals surface area (Å²) >= 11 is 0. The lowest BCUT2D eigenvalue weighted by atomic mass is 10.1. The van der Waals surface area contributed by atoms with Crippen molar-refractivity contribution in [2.75, 3.05) is 16.0 Å². The average molecular weight is 378 g/mol. The van der Waals surface area contributed by atoms with Crippen molar-refractivity contribution in [2.24, 2.45) is 0 Å². The Kier molecular flexibility index (Phi) is 3.92. The van der Waals surface area contributed by atoms with Crippen molar-refractivity contribution < 1.29 is 0 Å². The molecule has 0 saturated carbocycles. The third-order valence-electron chi connectivity index (χ3n) is 4.88. The highest BCUT2D eigenvalue weighted by molar-refractivity contribution is 5.84. The van der Waals surface area contributed by atoms with Crippen LogP contribution in [0, 0.1) is 11.3 Å². The predicted octanol–water partition coefficient (Wildman–Crippen LogP) is 5.40. The summed E-state index contributed by atoms with van der Waals surface area (Å²) < 4.78 is 0. The van der Waals surface area contributed by atoms with Crippen molar-refractivity contribution in [1.82, 2.24) is 9.97 Å². The van der Waals surface area contributed by atoms with Crippen LogP contribution in [0.1, 0.15) is 11.3 Å². The van der Waals surface area contributed by atoms with Gasteiger partial charge in [-0.25, -0.2) is 4.98 Å². The minimum absolute atomic E-state index is 0.342. The number of anilines is 5. The van der Waals surface area contributed by atoms with E-state index in [1.807, 2.05) is 48.7 Å². The van der Waals surface area contributed by atoms with Crippen molar-refractivity contribution in [3.05, 3.63) is 84.3 Å². The first-order valence-corrected chi connectivity index (χ1v) is 9.27. The molecule has 3 heterocycles. The smallest absolute Gasteiger partial charge is 0.144 e. The molecule has 29 heavy (non-hydrogen) atoms. The largest absolute Gasteiger partial charge is 0.361 e. The summed E-state index contributed by atoms with van der Waals surface area (Å²) in [7, 11) is 0. The zero-order valence-corrected chi connectivity index (χ0v) is 15.6. The van der Waals surface area contributed by atoms with E-state index in [1.54, 1.807) is 6.07 Å². The number of benzene rings is 2. The van der Waals surface area contributed by atoms with Crippen molar-refractivity contribution in [1.29, 1.82) is 5.26 Å². The molecule has 0 aliphatic carbocycles. The summed E-state index contributed by atoms with van der Waals surface area (Å²) in [6.07, 6.45) is 2.73. The van der Waals surface area contributed by atoms with E-state index in [9.17, 15) is 5.26 Å². The van der Waals surface area contributed by atoms with Crippen molar-refractivity contribution in [3.63, 3.8) is 0 Å². The Hall–Kier alpha value is -4.24. The lowest BCUT2D eigenvalue weighted by Crippen LogP contribution is -1.99. The van der Waals surface area contributed by atoms with Crippen LogP contribution in [0.2, 0.25) is 0 Å². The molecule has 0 radical (unpaired) electrons. The highest BCUT2D eigenvalue weighted by Crippen LogP contribution is 2.31. The summed E-state index contributed by atoms with van der Waals surface area (Å²) in [4.78, 5) is 7.58. The monoisotopic (exact) mass is 378 g/mol. The molecule has 2 aromatic heterocycles. The Morgan fingerprint density at radius 3 is 2.72 bits per heavy atom. The molecule has 0 bridgehead atoms. The fraction of sp³-hybridized carbons (Fsp3) is 0.0435. The molecule has 1 aliphatic rings. The standard InChI is InChI=1S/C23H18N6/c1-14-8-16-9-17(4-5-21(16)26-14)27-19-10-20(13-24)29-23(12-19)28-18-3-2-15-6-7-25-22(15)11-18/h2-7,9-12,25-26H,1,8H2,(H2,27,28,29). The number of hydrogen-bond donors (Lipinski definition) is 4. The second-order valence-electron chi connectivity index (χ2n) is 7.05. The average Bonchev–Trinajstić information content (AvgIpc) is 3.32. The molecule has 1 aliphatic heterocycles. The molecule has 140 valence electrons. The SMILES string of the molecule is C=C1Cc2cc(Nc3cc(C#N)nc(Nc4ccc5cc[nH]c5c4)c3)ccc2N1. The summed E-state index contributed by atoms with van der Waals surface area (Å²) in [6, 6.07) is 20.0. The first-order chi connectivity index (χ1) is 14.2. The van der Waals surface area contributed by atoms with Crippen LogP contribution in [0.15, 0.2) is 73.1 Å². The van der Waals surface area contributed by atoms with Crippen LogP contribution in [-0.4, -0.2) is 9.97 Å². The molecule has 0 spiro atoms. The maximum absolute atomic E-state index is 9.40. The fourth-order valence-electron chi connectivity index (χ4n) is 3.57. The highest BCUT2D eigenvalue weighted by atomic mass is 15.0. The van der Waals surface area contributed by atoms with E-state index >= 15 is 0 Å². The Balaban J connectivity index is 1.43. The molecule has 4 N–H and O–H groups in total. The van der Waals surface area contributed by atoms with Crippen LogP contribution in [0.25, 0.3) is 10.9 Å². The molecule has 0 saturated heterocycles. The first-order valence-electron chi connectivity index (χ1n) is 9.27. The van der Waals surface area contributed by atoms with Crippen LogP contribution >= 0.6 is 0 Å². The number of hydrogen-bond acceptors (Lipinski definition) is 5. The van der Waals surface area contributed by atoms with Gasteiger partial charge in [0.25, 0.3) is 0 Å². The number of nitrogens with one attached hydrogen (secondary N) is 4. The second-order valence-corrected chi connectivity index (χ2v) is 7.05. The number of allylic oxidation sites excluding steroid dienone is 1. The third-order valence-corrected chi connectivity index (χ3v) is 4.88. The van der Waals surface area contributed by atoms with Gasteiger partial charge in [-0.3, -0.25) is 0 Å². The maximum atomic E-state index is 9.40. The molecule has 0 amide bonds. The Bertz CT molecular complexity index is 1290. The summed E-state index contributed by atoms with van der Waals surface area (Å²) in [6.45, 7) is 3.99. The molecule has 0 atom stereocenters. The lowest BCUT2D eigenvalue weighted by Gasteiger charge is -2.11. The van der Waals surface area contributed by atoms with Crippen LogP contribution in [0.4, 0.5) is 28.6 Å². The number of fused-ring (bicyclic) bond motifs is 2. The molecular formula is C23H18N6. The highest BCUT2D eigenvalue weighted by Gasteiger charge is 2.13. The van der Waals surface area contributed by atoms with E-state index in [0.717, 1.165) is 45.8 Å². The quantitative estimate of drug-likeness (QED) is 0.382. The van der Waals surface area contributed by atoms with Gasteiger partial charge in [-0.15, -0.1) is 0 Å². The number of nitrogens with zero attached hydrogens (tertiary/aromatic N) is 2. The van der Waals surface area contributed by atoms with Crippen LogP contribution < -0.4 is 16.0 Å². The molecule has 4 aromatic rings. The topological polar surface area (TPSA) is 88.6 Å². The Labute approximate surface area is 167 Å². The number of aromatic amines is 1. The molecule has 0 unspecified atom stereocenters. The van der Waals surface area contributed by atoms with Gasteiger partial charge in [0.2, 0.25) is 0 Å². The Morgan fingerprint density at radius 1 is 0.966 bits per heavy atom. The molecule has 2 aromatic carbocycles. The van der Waals surface area contributed by atoms with Gasteiger partial charge in [-0.05, 0) is 53.4 Å². The zero-order valence-electron chi connectivity index (χ0n) is 15.6. The van der Waals surface area contributed by atoms with Crippen molar-refractivity contribution >= 4 is 39.5 Å². The van der Waals surface area contributed by atoms with Gasteiger partial charge in [0.1, 0.15) is 17.6 Å². The molecular weight excluding hydrogens is 360 g/mol. The Morgan fingerprint density at radius 2 is 1.83 bits per heavy atom. The van der Waals surface area contributed by atoms with E-state index < -0.39 is 0 Å². The summed E-state index contributed by atoms with van der Waals surface area (Å²) in [5.74, 6) is 0.605. The third kappa shape index (κ3) is 3.37. The number of pyridine rings is 1. The second kappa shape index (κ2) is 6.73. The van der Waals surface area contributed by atoms with Gasteiger partial charge in [-0.1, -0.05) is 12.6 Å². The minimum atomic E-state index is 0.342. The van der Waals surface area contributed by atoms with Gasteiger partial charge in [0.15, 0.2) is 0 Å². The van der Waals surface area contributed by atoms with Crippen molar-refractivity contribution in [2.45, 2.75) is 6.42 Å².